The van der Waals surface area contributed by atoms with Gasteiger partial charge < -0.3 is 16.2 Å². The highest BCUT2D eigenvalue weighted by atomic mass is 16.5. The molecule has 0 aliphatic rings. The van der Waals surface area contributed by atoms with Crippen LogP contribution < -0.4 is 11.5 Å². The Morgan fingerprint density at radius 1 is 1.06 bits per heavy atom. The fourth-order valence-electron chi connectivity index (χ4n) is 3.84. The Morgan fingerprint density at radius 2 is 1.84 bits per heavy atom. The average molecular weight is 419 g/mol. The highest BCUT2D eigenvalue weighted by molar-refractivity contribution is 5.91. The number of nitrogens with two attached hydrogens (primary N) is 2. The normalized spacial score (nSPS) is 12.9. The SMILES string of the molecule is COC(=O)c1cccc(-c2cccnc2C(N)(CCCCN)Cc2ncccc2C)c1. The summed E-state index contributed by atoms with van der Waals surface area (Å²) in [6.45, 7) is 2.66. The number of hydrogen-bond acceptors (Lipinski definition) is 6. The lowest BCUT2D eigenvalue weighted by molar-refractivity contribution is 0.0601. The van der Waals surface area contributed by atoms with Gasteiger partial charge in [-0.05, 0) is 68.1 Å². The van der Waals surface area contributed by atoms with E-state index >= 15 is 0 Å². The highest BCUT2D eigenvalue weighted by Gasteiger charge is 2.32. The van der Waals surface area contributed by atoms with E-state index in [4.69, 9.17) is 21.2 Å². The molecule has 0 amide bonds. The lowest BCUT2D eigenvalue weighted by Gasteiger charge is -2.31. The molecule has 0 spiro atoms. The van der Waals surface area contributed by atoms with E-state index in [1.165, 1.54) is 7.11 Å². The second kappa shape index (κ2) is 10.3. The monoisotopic (exact) mass is 418 g/mol. The minimum atomic E-state index is -0.730. The molecule has 162 valence electrons. The van der Waals surface area contributed by atoms with Crippen LogP contribution in [0.25, 0.3) is 11.1 Å². The summed E-state index contributed by atoms with van der Waals surface area (Å²) in [6, 6.07) is 15.2. The molecule has 2 heterocycles. The van der Waals surface area contributed by atoms with Crippen LogP contribution in [0.5, 0.6) is 0 Å². The first-order chi connectivity index (χ1) is 15.0. The zero-order chi connectivity index (χ0) is 22.3. The molecule has 0 saturated heterocycles. The number of ether oxygens (including phenoxy) is 1. The maximum absolute atomic E-state index is 12.0. The Kier molecular flexibility index (Phi) is 7.50. The molecular weight excluding hydrogens is 388 g/mol. The zero-order valence-corrected chi connectivity index (χ0v) is 18.2. The van der Waals surface area contributed by atoms with Gasteiger partial charge in [0.2, 0.25) is 0 Å². The second-order valence-corrected chi connectivity index (χ2v) is 7.82. The van der Waals surface area contributed by atoms with E-state index in [0.717, 1.165) is 47.3 Å². The summed E-state index contributed by atoms with van der Waals surface area (Å²) in [7, 11) is 1.38. The van der Waals surface area contributed by atoms with E-state index in [-0.39, 0.29) is 5.97 Å². The van der Waals surface area contributed by atoms with E-state index < -0.39 is 5.54 Å². The number of pyridine rings is 2. The van der Waals surface area contributed by atoms with Crippen LogP contribution in [-0.2, 0) is 16.7 Å². The second-order valence-electron chi connectivity index (χ2n) is 7.82. The molecule has 2 aromatic heterocycles. The predicted octanol–water partition coefficient (Wildman–Crippen LogP) is 3.76. The Bertz CT molecular complexity index is 1040. The predicted molar refractivity (Wildman–Crippen MR) is 122 cm³/mol. The van der Waals surface area contributed by atoms with E-state index in [9.17, 15) is 4.79 Å². The van der Waals surface area contributed by atoms with Crippen LogP contribution in [0.4, 0.5) is 0 Å². The first kappa shape index (κ1) is 22.6. The van der Waals surface area contributed by atoms with Crippen LogP contribution >= 0.6 is 0 Å². The van der Waals surface area contributed by atoms with Gasteiger partial charge in [0, 0.05) is 30.1 Å². The maximum Gasteiger partial charge on any atom is 0.337 e. The molecule has 31 heavy (non-hydrogen) atoms. The summed E-state index contributed by atoms with van der Waals surface area (Å²) < 4.78 is 4.88. The standard InChI is InChI=1S/C25H30N4O2/c1-18-8-6-14-28-22(18)17-25(27,12-3-4-13-26)23-21(11-7-15-29-23)19-9-5-10-20(16-19)24(30)31-2/h5-11,14-16H,3-4,12-13,17,26-27H2,1-2H3. The van der Waals surface area contributed by atoms with Crippen molar-refractivity contribution in [1.82, 2.24) is 9.97 Å². The summed E-state index contributed by atoms with van der Waals surface area (Å²) in [5.41, 5.74) is 17.2. The number of aryl methyl sites for hydroxylation is 1. The average Bonchev–Trinajstić information content (AvgIpc) is 2.80. The van der Waals surface area contributed by atoms with Crippen LogP contribution in [-0.4, -0.2) is 29.6 Å². The van der Waals surface area contributed by atoms with Crippen molar-refractivity contribution in [2.45, 2.75) is 38.1 Å². The number of esters is 1. The number of carbonyl (C=O) groups excluding carboxylic acids is 1. The number of nitrogens with zero attached hydrogens (tertiary/aromatic N) is 2. The largest absolute Gasteiger partial charge is 0.465 e. The van der Waals surface area contributed by atoms with Crippen molar-refractivity contribution in [1.29, 1.82) is 0 Å². The lowest BCUT2D eigenvalue weighted by Crippen LogP contribution is -2.41. The molecule has 0 fully saturated rings. The molecule has 6 nitrogen and oxygen atoms in total. The molecule has 3 rings (SSSR count). The number of unbranched alkanes of at least 4 members (excludes halogenated alkanes) is 1. The van der Waals surface area contributed by atoms with Gasteiger partial charge in [0.1, 0.15) is 0 Å². The first-order valence-corrected chi connectivity index (χ1v) is 10.5. The van der Waals surface area contributed by atoms with Crippen LogP contribution in [0.3, 0.4) is 0 Å². The van der Waals surface area contributed by atoms with Gasteiger partial charge in [0.15, 0.2) is 0 Å². The third-order valence-corrected chi connectivity index (χ3v) is 5.55. The fourth-order valence-corrected chi connectivity index (χ4v) is 3.84. The summed E-state index contributed by atoms with van der Waals surface area (Å²) in [5.74, 6) is -0.377. The minimum Gasteiger partial charge on any atom is -0.465 e. The molecule has 6 heteroatoms. The third-order valence-electron chi connectivity index (χ3n) is 5.55. The summed E-state index contributed by atoms with van der Waals surface area (Å²) in [6.07, 6.45) is 6.61. The number of hydrogen-bond donors (Lipinski definition) is 2. The van der Waals surface area contributed by atoms with Crippen LogP contribution in [0.1, 0.15) is 46.6 Å². The van der Waals surface area contributed by atoms with Crippen molar-refractivity contribution in [3.8, 4) is 11.1 Å². The number of rotatable bonds is 9. The van der Waals surface area contributed by atoms with Crippen molar-refractivity contribution in [3.05, 3.63) is 83.4 Å². The number of methoxy groups -OCH3 is 1. The van der Waals surface area contributed by atoms with E-state index in [0.29, 0.717) is 18.5 Å². The topological polar surface area (TPSA) is 104 Å². The Hall–Kier alpha value is -3.09. The molecule has 0 bridgehead atoms. The van der Waals surface area contributed by atoms with Gasteiger partial charge in [0.25, 0.3) is 0 Å². The molecule has 4 N–H and O–H groups in total. The van der Waals surface area contributed by atoms with Gasteiger partial charge in [-0.15, -0.1) is 0 Å². The Morgan fingerprint density at radius 3 is 2.58 bits per heavy atom. The molecule has 3 aromatic rings. The van der Waals surface area contributed by atoms with Crippen LogP contribution in [0.15, 0.2) is 60.9 Å². The van der Waals surface area contributed by atoms with E-state index in [1.807, 2.05) is 49.4 Å². The smallest absolute Gasteiger partial charge is 0.337 e. The molecule has 0 aliphatic carbocycles. The van der Waals surface area contributed by atoms with E-state index in [2.05, 4.69) is 4.98 Å². The summed E-state index contributed by atoms with van der Waals surface area (Å²) in [5, 5.41) is 0. The molecule has 1 unspecified atom stereocenters. The van der Waals surface area contributed by atoms with Gasteiger partial charge in [0.05, 0.1) is 23.9 Å². The van der Waals surface area contributed by atoms with Gasteiger partial charge in [-0.1, -0.05) is 24.3 Å². The molecule has 1 aromatic carbocycles. The fraction of sp³-hybridized carbons (Fsp3) is 0.320. The summed E-state index contributed by atoms with van der Waals surface area (Å²) >= 11 is 0. The van der Waals surface area contributed by atoms with Crippen LogP contribution in [0, 0.1) is 6.92 Å². The Balaban J connectivity index is 2.08. The number of aromatic nitrogens is 2. The van der Waals surface area contributed by atoms with Gasteiger partial charge in [-0.2, -0.15) is 0 Å². The van der Waals surface area contributed by atoms with Gasteiger partial charge >= 0.3 is 5.97 Å². The lowest BCUT2D eigenvalue weighted by atomic mass is 9.81. The maximum atomic E-state index is 12.0. The van der Waals surface area contributed by atoms with Crippen molar-refractivity contribution < 1.29 is 9.53 Å². The zero-order valence-electron chi connectivity index (χ0n) is 18.2. The van der Waals surface area contributed by atoms with Gasteiger partial charge in [-0.25, -0.2) is 4.79 Å². The highest BCUT2D eigenvalue weighted by Crippen LogP contribution is 2.35. The van der Waals surface area contributed by atoms with Gasteiger partial charge in [-0.3, -0.25) is 9.97 Å². The third kappa shape index (κ3) is 5.34. The number of benzene rings is 1. The summed E-state index contributed by atoms with van der Waals surface area (Å²) in [4.78, 5) is 21.3. The van der Waals surface area contributed by atoms with Crippen molar-refractivity contribution in [2.24, 2.45) is 11.5 Å². The van der Waals surface area contributed by atoms with Crippen LogP contribution in [0.2, 0.25) is 0 Å². The Labute approximate surface area is 183 Å². The van der Waals surface area contributed by atoms with E-state index in [1.54, 1.807) is 18.5 Å². The molecule has 1 atom stereocenters. The van der Waals surface area contributed by atoms with Crippen molar-refractivity contribution in [2.75, 3.05) is 13.7 Å². The minimum absolute atomic E-state index is 0.377. The molecule has 0 aliphatic heterocycles. The molecule has 0 saturated carbocycles. The quantitative estimate of drug-likeness (QED) is 0.405. The molecule has 0 radical (unpaired) electrons. The first-order valence-electron chi connectivity index (χ1n) is 10.5. The molecular formula is C25H30N4O2. The van der Waals surface area contributed by atoms with Crippen molar-refractivity contribution in [3.63, 3.8) is 0 Å². The van der Waals surface area contributed by atoms with Crippen molar-refractivity contribution >= 4 is 5.97 Å². The number of carbonyl (C=O) groups is 1.